The molecule has 0 saturated heterocycles. The molecule has 0 aliphatic heterocycles. The van der Waals surface area contributed by atoms with Crippen LogP contribution in [0.1, 0.15) is 22.8 Å². The van der Waals surface area contributed by atoms with Crippen LogP contribution in [-0.2, 0) is 6.42 Å². The lowest BCUT2D eigenvalue weighted by Crippen LogP contribution is -2.34. The van der Waals surface area contributed by atoms with Gasteiger partial charge in [-0.05, 0) is 18.1 Å². The average molecular weight is 231 g/mol. The Morgan fingerprint density at radius 1 is 1.31 bits per heavy atom. The number of alkyl halides is 3. The van der Waals surface area contributed by atoms with Gasteiger partial charge in [-0.15, -0.1) is 0 Å². The summed E-state index contributed by atoms with van der Waals surface area (Å²) in [6.07, 6.45) is -3.77. The molecule has 0 saturated carbocycles. The smallest absolute Gasteiger partial charge is 0.343 e. The molecule has 0 radical (unpaired) electrons. The molecule has 2 nitrogen and oxygen atoms in total. The van der Waals surface area contributed by atoms with Crippen LogP contribution in [0.4, 0.5) is 13.2 Å². The lowest BCUT2D eigenvalue weighted by Gasteiger charge is -2.10. The third-order valence-corrected chi connectivity index (χ3v) is 2.09. The van der Waals surface area contributed by atoms with Gasteiger partial charge in [0.1, 0.15) is 6.54 Å². The Morgan fingerprint density at radius 3 is 2.50 bits per heavy atom. The first-order valence-corrected chi connectivity index (χ1v) is 4.87. The molecule has 1 aromatic carbocycles. The van der Waals surface area contributed by atoms with Crippen LogP contribution in [0.15, 0.2) is 24.3 Å². The van der Waals surface area contributed by atoms with E-state index >= 15 is 0 Å². The van der Waals surface area contributed by atoms with Crippen LogP contribution in [0.2, 0.25) is 0 Å². The van der Waals surface area contributed by atoms with E-state index in [1.807, 2.05) is 12.2 Å². The van der Waals surface area contributed by atoms with Crippen molar-refractivity contribution in [2.75, 3.05) is 6.54 Å². The van der Waals surface area contributed by atoms with E-state index in [4.69, 9.17) is 0 Å². The maximum atomic E-state index is 11.9. The number of hydrogen-bond acceptors (Lipinski definition) is 1. The first-order chi connectivity index (χ1) is 7.44. The summed E-state index contributed by atoms with van der Waals surface area (Å²) in [5, 5.41) is 1.85. The van der Waals surface area contributed by atoms with Crippen LogP contribution in [0, 0.1) is 0 Å². The van der Waals surface area contributed by atoms with Crippen LogP contribution in [0.25, 0.3) is 0 Å². The van der Waals surface area contributed by atoms with E-state index in [-0.39, 0.29) is 0 Å². The summed E-state index contributed by atoms with van der Waals surface area (Å²) in [6, 6.07) is 6.62. The lowest BCUT2D eigenvalue weighted by molar-refractivity contribution is -0.123. The Balaban J connectivity index is 2.73. The fourth-order valence-electron chi connectivity index (χ4n) is 1.33. The molecule has 1 rings (SSSR count). The molecule has 16 heavy (non-hydrogen) atoms. The predicted molar refractivity (Wildman–Crippen MR) is 54.2 cm³/mol. The molecular weight excluding hydrogens is 219 g/mol. The standard InChI is InChI=1S/C11H12F3NO/c1-2-8-5-3-4-6-9(8)10(16)15-7-11(12,13)14/h3-6H,2,7H2,1H3,(H,15,16). The average Bonchev–Trinajstić information content (AvgIpc) is 2.25. The Bertz CT molecular complexity index is 374. The molecule has 88 valence electrons. The number of benzene rings is 1. The number of halogens is 3. The van der Waals surface area contributed by atoms with Crippen LogP contribution in [0.5, 0.6) is 0 Å². The number of amides is 1. The largest absolute Gasteiger partial charge is 0.405 e. The van der Waals surface area contributed by atoms with Gasteiger partial charge in [0.05, 0.1) is 0 Å². The summed E-state index contributed by atoms with van der Waals surface area (Å²) in [7, 11) is 0. The van der Waals surface area contributed by atoms with Gasteiger partial charge in [-0.3, -0.25) is 4.79 Å². The van der Waals surface area contributed by atoms with E-state index in [9.17, 15) is 18.0 Å². The van der Waals surface area contributed by atoms with Crippen molar-refractivity contribution in [3.8, 4) is 0 Å². The molecule has 0 spiro atoms. The minimum Gasteiger partial charge on any atom is -0.343 e. The van der Waals surface area contributed by atoms with Crippen molar-refractivity contribution in [1.29, 1.82) is 0 Å². The van der Waals surface area contributed by atoms with E-state index < -0.39 is 18.6 Å². The molecule has 0 atom stereocenters. The van der Waals surface area contributed by atoms with Crippen LogP contribution >= 0.6 is 0 Å². The van der Waals surface area contributed by atoms with E-state index in [2.05, 4.69) is 0 Å². The zero-order valence-electron chi connectivity index (χ0n) is 8.77. The van der Waals surface area contributed by atoms with Gasteiger partial charge in [-0.25, -0.2) is 0 Å². The quantitative estimate of drug-likeness (QED) is 0.851. The first-order valence-electron chi connectivity index (χ1n) is 4.87. The van der Waals surface area contributed by atoms with Crippen molar-refractivity contribution in [2.24, 2.45) is 0 Å². The molecule has 0 aromatic heterocycles. The molecule has 0 aliphatic rings. The molecule has 1 aromatic rings. The van der Waals surface area contributed by atoms with Crippen molar-refractivity contribution >= 4 is 5.91 Å². The number of rotatable bonds is 3. The Labute approximate surface area is 91.5 Å². The van der Waals surface area contributed by atoms with Crippen LogP contribution in [0.3, 0.4) is 0 Å². The van der Waals surface area contributed by atoms with Crippen molar-refractivity contribution in [3.05, 3.63) is 35.4 Å². The summed E-state index contributed by atoms with van der Waals surface area (Å²) in [5.74, 6) is -0.685. The second-order valence-electron chi connectivity index (χ2n) is 3.31. The molecule has 0 heterocycles. The minimum atomic E-state index is -4.38. The third kappa shape index (κ3) is 3.56. The monoisotopic (exact) mass is 231 g/mol. The summed E-state index contributed by atoms with van der Waals surface area (Å²) in [5.41, 5.74) is 1.04. The highest BCUT2D eigenvalue weighted by Gasteiger charge is 2.28. The fourth-order valence-corrected chi connectivity index (χ4v) is 1.33. The van der Waals surface area contributed by atoms with Gasteiger partial charge < -0.3 is 5.32 Å². The molecule has 0 aliphatic carbocycles. The van der Waals surface area contributed by atoms with Crippen molar-refractivity contribution in [1.82, 2.24) is 5.32 Å². The van der Waals surface area contributed by atoms with Crippen molar-refractivity contribution < 1.29 is 18.0 Å². The van der Waals surface area contributed by atoms with E-state index in [1.165, 1.54) is 6.07 Å². The molecule has 0 bridgehead atoms. The Kier molecular flexibility index (Phi) is 3.93. The predicted octanol–water partition coefficient (Wildman–Crippen LogP) is 2.54. The van der Waals surface area contributed by atoms with Gasteiger partial charge in [0, 0.05) is 5.56 Å². The lowest BCUT2D eigenvalue weighted by atomic mass is 10.0. The van der Waals surface area contributed by atoms with E-state index in [0.717, 1.165) is 5.56 Å². The molecule has 0 fully saturated rings. The third-order valence-electron chi connectivity index (χ3n) is 2.09. The highest BCUT2D eigenvalue weighted by molar-refractivity contribution is 5.95. The summed E-state index contributed by atoms with van der Waals surface area (Å²) >= 11 is 0. The topological polar surface area (TPSA) is 29.1 Å². The SMILES string of the molecule is CCc1ccccc1C(=O)NCC(F)(F)F. The maximum absolute atomic E-state index is 11.9. The normalized spacial score (nSPS) is 11.2. The highest BCUT2D eigenvalue weighted by Crippen LogP contribution is 2.14. The molecule has 1 N–H and O–H groups in total. The number of carbonyl (C=O) groups is 1. The zero-order chi connectivity index (χ0) is 12.2. The van der Waals surface area contributed by atoms with Gasteiger partial charge in [-0.1, -0.05) is 25.1 Å². The van der Waals surface area contributed by atoms with E-state index in [0.29, 0.717) is 12.0 Å². The first kappa shape index (κ1) is 12.5. The number of nitrogens with one attached hydrogen (secondary N) is 1. The van der Waals surface area contributed by atoms with Crippen molar-refractivity contribution in [2.45, 2.75) is 19.5 Å². The number of aryl methyl sites for hydroxylation is 1. The Morgan fingerprint density at radius 2 is 1.94 bits per heavy atom. The zero-order valence-corrected chi connectivity index (χ0v) is 8.77. The maximum Gasteiger partial charge on any atom is 0.405 e. The second-order valence-corrected chi connectivity index (χ2v) is 3.31. The molecule has 5 heteroatoms. The fraction of sp³-hybridized carbons (Fsp3) is 0.364. The highest BCUT2D eigenvalue weighted by atomic mass is 19.4. The van der Waals surface area contributed by atoms with Gasteiger partial charge in [-0.2, -0.15) is 13.2 Å². The Hall–Kier alpha value is -1.52. The molecule has 0 unspecified atom stereocenters. The molecule has 1 amide bonds. The van der Waals surface area contributed by atoms with Gasteiger partial charge in [0.2, 0.25) is 0 Å². The second kappa shape index (κ2) is 5.01. The van der Waals surface area contributed by atoms with Gasteiger partial charge in [0.25, 0.3) is 5.91 Å². The summed E-state index contributed by atoms with van der Waals surface area (Å²) in [4.78, 5) is 11.5. The number of carbonyl (C=O) groups excluding carboxylic acids is 1. The number of hydrogen-bond donors (Lipinski definition) is 1. The summed E-state index contributed by atoms with van der Waals surface area (Å²) in [6.45, 7) is 0.541. The van der Waals surface area contributed by atoms with E-state index in [1.54, 1.807) is 18.2 Å². The minimum absolute atomic E-state index is 0.300. The van der Waals surface area contributed by atoms with Gasteiger partial charge >= 0.3 is 6.18 Å². The summed E-state index contributed by atoms with van der Waals surface area (Å²) < 4.78 is 35.7. The van der Waals surface area contributed by atoms with Gasteiger partial charge in [0.15, 0.2) is 0 Å². The van der Waals surface area contributed by atoms with Crippen molar-refractivity contribution in [3.63, 3.8) is 0 Å². The van der Waals surface area contributed by atoms with Crippen LogP contribution in [-0.4, -0.2) is 18.6 Å². The van der Waals surface area contributed by atoms with Crippen LogP contribution < -0.4 is 5.32 Å². The molecular formula is C11H12F3NO.